The molecule has 0 amide bonds. The number of ether oxygens (including phenoxy) is 1. The quantitative estimate of drug-likeness (QED) is 0.788. The molecule has 2 atom stereocenters. The van der Waals surface area contributed by atoms with E-state index in [9.17, 15) is 0 Å². The van der Waals surface area contributed by atoms with Crippen molar-refractivity contribution < 1.29 is 4.74 Å². The van der Waals surface area contributed by atoms with Gasteiger partial charge in [-0.25, -0.2) is 0 Å². The maximum Gasteiger partial charge on any atom is 0.0974 e. The van der Waals surface area contributed by atoms with Gasteiger partial charge in [-0.05, 0) is 44.7 Å². The van der Waals surface area contributed by atoms with Gasteiger partial charge in [0.2, 0.25) is 0 Å². The lowest BCUT2D eigenvalue weighted by Crippen LogP contribution is -2.45. The van der Waals surface area contributed by atoms with E-state index in [0.29, 0.717) is 6.04 Å². The number of hydrogen-bond donors (Lipinski definition) is 1. The predicted molar refractivity (Wildman–Crippen MR) is 67.5 cm³/mol. The minimum Gasteiger partial charge on any atom is -0.372 e. The molecule has 2 heteroatoms. The third-order valence-corrected chi connectivity index (χ3v) is 3.41. The van der Waals surface area contributed by atoms with E-state index >= 15 is 0 Å². The van der Waals surface area contributed by atoms with Gasteiger partial charge in [-0.1, -0.05) is 24.6 Å². The molecule has 0 radical (unpaired) electrons. The Morgan fingerprint density at radius 2 is 2.38 bits per heavy atom. The van der Waals surface area contributed by atoms with Crippen molar-refractivity contribution in [3.8, 4) is 0 Å². The fourth-order valence-electron chi connectivity index (χ4n) is 2.61. The molecule has 16 heavy (non-hydrogen) atoms. The summed E-state index contributed by atoms with van der Waals surface area (Å²) in [5.74, 6) is 0. The Balaban J connectivity index is 2.02. The van der Waals surface area contributed by atoms with Crippen LogP contribution in [0.25, 0.3) is 0 Å². The molecule has 1 aliphatic carbocycles. The monoisotopic (exact) mass is 221 g/mol. The van der Waals surface area contributed by atoms with E-state index in [4.69, 9.17) is 4.74 Å². The van der Waals surface area contributed by atoms with E-state index in [-0.39, 0.29) is 6.10 Å². The number of piperidine rings is 1. The predicted octanol–water partition coefficient (Wildman–Crippen LogP) is 2.81. The van der Waals surface area contributed by atoms with Crippen molar-refractivity contribution in [1.29, 1.82) is 0 Å². The van der Waals surface area contributed by atoms with Crippen LogP contribution in [0.2, 0.25) is 0 Å². The summed E-state index contributed by atoms with van der Waals surface area (Å²) in [6.45, 7) is 4.03. The zero-order valence-electron chi connectivity index (χ0n) is 10.2. The highest BCUT2D eigenvalue weighted by atomic mass is 16.5. The van der Waals surface area contributed by atoms with Crippen LogP contribution in [0.4, 0.5) is 0 Å². The second kappa shape index (κ2) is 6.21. The van der Waals surface area contributed by atoms with Gasteiger partial charge in [0.05, 0.1) is 6.10 Å². The lowest BCUT2D eigenvalue weighted by atomic mass is 9.92. The molecular weight excluding hydrogens is 198 g/mol. The summed E-state index contributed by atoms with van der Waals surface area (Å²) < 4.78 is 5.94. The highest BCUT2D eigenvalue weighted by Gasteiger charge is 2.25. The molecule has 0 aromatic heterocycles. The molecule has 1 aliphatic heterocycles. The fourth-order valence-corrected chi connectivity index (χ4v) is 2.61. The first-order chi connectivity index (χ1) is 7.92. The normalized spacial score (nSPS) is 27.6. The molecule has 0 bridgehead atoms. The van der Waals surface area contributed by atoms with Crippen LogP contribution in [-0.2, 0) is 4.74 Å². The largest absolute Gasteiger partial charge is 0.372 e. The maximum atomic E-state index is 5.94. The van der Waals surface area contributed by atoms with Crippen LogP contribution in [-0.4, -0.2) is 25.3 Å². The second-order valence-electron chi connectivity index (χ2n) is 4.62. The Bertz CT molecular complexity index is 264. The first kappa shape index (κ1) is 11.9. The summed E-state index contributed by atoms with van der Waals surface area (Å²) in [4.78, 5) is 0. The van der Waals surface area contributed by atoms with Crippen molar-refractivity contribution in [3.05, 3.63) is 23.8 Å². The molecule has 0 spiro atoms. The molecule has 2 aliphatic rings. The van der Waals surface area contributed by atoms with Gasteiger partial charge in [0, 0.05) is 12.6 Å². The zero-order valence-corrected chi connectivity index (χ0v) is 10.2. The van der Waals surface area contributed by atoms with E-state index in [1.54, 1.807) is 0 Å². The molecular formula is C14H23NO. The molecule has 1 saturated heterocycles. The Labute approximate surface area is 98.8 Å². The standard InChI is InChI=1S/C14H23NO/c1-2-16-14(12-8-4-3-5-9-12)13-10-6-7-11-15-13/h4,8-9,13-15H,2-3,5-7,10-11H2,1H3. The van der Waals surface area contributed by atoms with Crippen molar-refractivity contribution in [2.45, 2.75) is 51.2 Å². The lowest BCUT2D eigenvalue weighted by molar-refractivity contribution is 0.0537. The lowest BCUT2D eigenvalue weighted by Gasteiger charge is -2.32. The van der Waals surface area contributed by atoms with Crippen molar-refractivity contribution in [2.24, 2.45) is 0 Å². The minimum absolute atomic E-state index is 0.266. The molecule has 1 heterocycles. The van der Waals surface area contributed by atoms with Crippen molar-refractivity contribution in [3.63, 3.8) is 0 Å². The number of nitrogens with one attached hydrogen (secondary N) is 1. The minimum atomic E-state index is 0.266. The molecule has 1 fully saturated rings. The van der Waals surface area contributed by atoms with Crippen LogP contribution in [0.15, 0.2) is 23.8 Å². The topological polar surface area (TPSA) is 21.3 Å². The number of rotatable bonds is 4. The van der Waals surface area contributed by atoms with Gasteiger partial charge >= 0.3 is 0 Å². The van der Waals surface area contributed by atoms with Crippen molar-refractivity contribution in [2.75, 3.05) is 13.2 Å². The van der Waals surface area contributed by atoms with E-state index in [0.717, 1.165) is 13.2 Å². The smallest absolute Gasteiger partial charge is 0.0974 e. The number of hydrogen-bond acceptors (Lipinski definition) is 2. The fraction of sp³-hybridized carbons (Fsp3) is 0.714. The highest BCUT2D eigenvalue weighted by molar-refractivity contribution is 5.28. The summed E-state index contributed by atoms with van der Waals surface area (Å²) in [6.07, 6.45) is 13.4. The van der Waals surface area contributed by atoms with Crippen molar-refractivity contribution >= 4 is 0 Å². The van der Waals surface area contributed by atoms with E-state index in [1.165, 1.54) is 37.7 Å². The number of allylic oxidation sites excluding steroid dienone is 2. The SMILES string of the molecule is CCOC(C1=CCCC=C1)C1CCCCN1. The third kappa shape index (κ3) is 2.96. The zero-order chi connectivity index (χ0) is 11.2. The Morgan fingerprint density at radius 1 is 1.44 bits per heavy atom. The third-order valence-electron chi connectivity index (χ3n) is 3.41. The van der Waals surface area contributed by atoms with Crippen LogP contribution in [0.5, 0.6) is 0 Å². The summed E-state index contributed by atoms with van der Waals surface area (Å²) in [6, 6.07) is 0.516. The Hall–Kier alpha value is -0.600. The van der Waals surface area contributed by atoms with Gasteiger partial charge < -0.3 is 10.1 Å². The van der Waals surface area contributed by atoms with E-state index in [1.807, 2.05) is 0 Å². The Morgan fingerprint density at radius 3 is 3.00 bits per heavy atom. The highest BCUT2D eigenvalue weighted by Crippen LogP contribution is 2.22. The van der Waals surface area contributed by atoms with Crippen molar-refractivity contribution in [1.82, 2.24) is 5.32 Å². The van der Waals surface area contributed by atoms with Gasteiger partial charge in [-0.15, -0.1) is 0 Å². The molecule has 2 unspecified atom stereocenters. The van der Waals surface area contributed by atoms with Gasteiger partial charge in [0.15, 0.2) is 0 Å². The molecule has 2 nitrogen and oxygen atoms in total. The summed E-state index contributed by atoms with van der Waals surface area (Å²) >= 11 is 0. The van der Waals surface area contributed by atoms with Gasteiger partial charge in [0.1, 0.15) is 0 Å². The summed E-state index contributed by atoms with van der Waals surface area (Å²) in [5, 5.41) is 3.60. The average molecular weight is 221 g/mol. The van der Waals surface area contributed by atoms with Crippen LogP contribution in [0.1, 0.15) is 39.0 Å². The van der Waals surface area contributed by atoms with Gasteiger partial charge in [0.25, 0.3) is 0 Å². The van der Waals surface area contributed by atoms with E-state index < -0.39 is 0 Å². The second-order valence-corrected chi connectivity index (χ2v) is 4.62. The molecule has 0 aromatic rings. The van der Waals surface area contributed by atoms with Gasteiger partial charge in [-0.3, -0.25) is 0 Å². The molecule has 1 N–H and O–H groups in total. The molecule has 2 rings (SSSR count). The molecule has 0 aromatic carbocycles. The van der Waals surface area contributed by atoms with Gasteiger partial charge in [-0.2, -0.15) is 0 Å². The first-order valence-electron chi connectivity index (χ1n) is 6.63. The van der Waals surface area contributed by atoms with E-state index in [2.05, 4.69) is 30.5 Å². The molecule has 90 valence electrons. The summed E-state index contributed by atoms with van der Waals surface area (Å²) in [5.41, 5.74) is 1.38. The van der Waals surface area contributed by atoms with Crippen LogP contribution in [0, 0.1) is 0 Å². The van der Waals surface area contributed by atoms with Crippen LogP contribution < -0.4 is 5.32 Å². The maximum absolute atomic E-state index is 5.94. The summed E-state index contributed by atoms with van der Waals surface area (Å²) in [7, 11) is 0. The molecule has 0 saturated carbocycles. The first-order valence-corrected chi connectivity index (χ1v) is 6.63. The van der Waals surface area contributed by atoms with Crippen LogP contribution >= 0.6 is 0 Å². The van der Waals surface area contributed by atoms with Crippen LogP contribution in [0.3, 0.4) is 0 Å². The Kier molecular flexibility index (Phi) is 4.61. The average Bonchev–Trinajstić information content (AvgIpc) is 2.38.